The highest BCUT2D eigenvalue weighted by Crippen LogP contribution is 2.49. The summed E-state index contributed by atoms with van der Waals surface area (Å²) in [4.78, 5) is 7.23. The number of aromatic nitrogens is 4. The molecule has 8 heteroatoms. The zero-order valence-electron chi connectivity index (χ0n) is 17.7. The Labute approximate surface area is 184 Å². The van der Waals surface area contributed by atoms with Crippen molar-refractivity contribution in [2.75, 3.05) is 19.7 Å². The summed E-state index contributed by atoms with van der Waals surface area (Å²) in [6, 6.07) is 11.0. The molecule has 0 amide bonds. The predicted molar refractivity (Wildman–Crippen MR) is 120 cm³/mol. The van der Waals surface area contributed by atoms with Crippen molar-refractivity contribution in [3.63, 3.8) is 0 Å². The minimum absolute atomic E-state index is 0.00512. The molecule has 6 rings (SSSR count). The van der Waals surface area contributed by atoms with Gasteiger partial charge in [0.2, 0.25) is 0 Å². The van der Waals surface area contributed by atoms with Gasteiger partial charge in [0.15, 0.2) is 11.5 Å². The largest absolute Gasteiger partial charge is 0.395 e. The Morgan fingerprint density at radius 2 is 2.03 bits per heavy atom. The number of hydrogen-bond donors (Lipinski definition) is 2. The van der Waals surface area contributed by atoms with Gasteiger partial charge < -0.3 is 10.8 Å². The number of benzene rings is 1. The van der Waals surface area contributed by atoms with Crippen molar-refractivity contribution < 1.29 is 9.50 Å². The van der Waals surface area contributed by atoms with Crippen LogP contribution in [0.15, 0.2) is 42.6 Å². The van der Waals surface area contributed by atoms with Crippen LogP contribution in [0.1, 0.15) is 30.4 Å². The first kappa shape index (κ1) is 19.7. The number of nitrogens with two attached hydrogens (primary N) is 1. The molecule has 1 aromatic carbocycles. The van der Waals surface area contributed by atoms with E-state index in [-0.39, 0.29) is 23.9 Å². The van der Waals surface area contributed by atoms with Crippen LogP contribution in [0.3, 0.4) is 0 Å². The van der Waals surface area contributed by atoms with E-state index < -0.39 is 0 Å². The van der Waals surface area contributed by atoms with Crippen LogP contribution in [0.4, 0.5) is 4.39 Å². The molecule has 32 heavy (non-hydrogen) atoms. The van der Waals surface area contributed by atoms with E-state index in [0.717, 1.165) is 66.6 Å². The van der Waals surface area contributed by atoms with E-state index in [0.29, 0.717) is 11.5 Å². The lowest BCUT2D eigenvalue weighted by Crippen LogP contribution is -2.26. The van der Waals surface area contributed by atoms with E-state index in [2.05, 4.69) is 27.4 Å². The van der Waals surface area contributed by atoms with Crippen molar-refractivity contribution >= 4 is 16.6 Å². The van der Waals surface area contributed by atoms with Gasteiger partial charge in [-0.2, -0.15) is 0 Å². The number of likely N-dealkylation sites (tertiary alicyclic amines) is 1. The highest BCUT2D eigenvalue weighted by atomic mass is 19.1. The second-order valence-corrected chi connectivity index (χ2v) is 9.23. The molecule has 0 radical (unpaired) electrons. The number of halogens is 1. The molecule has 2 fully saturated rings. The third-order valence-corrected chi connectivity index (χ3v) is 6.89. The molecule has 164 valence electrons. The SMILES string of the molecule is NC1CCN(Cc2ccc3nnc(-c4ccc5cc(F)cc(C6(CO)CC6)c5n4)n3c2)C1. The summed E-state index contributed by atoms with van der Waals surface area (Å²) in [5.74, 6) is 0.340. The summed E-state index contributed by atoms with van der Waals surface area (Å²) >= 11 is 0. The fourth-order valence-corrected chi connectivity index (χ4v) is 4.86. The number of hydrogen-bond acceptors (Lipinski definition) is 6. The molecule has 1 aliphatic heterocycles. The van der Waals surface area contributed by atoms with Gasteiger partial charge in [-0.1, -0.05) is 12.1 Å². The van der Waals surface area contributed by atoms with E-state index in [1.807, 2.05) is 22.6 Å². The normalized spacial score (nSPS) is 20.4. The molecular weight excluding hydrogens is 407 g/mol. The third kappa shape index (κ3) is 3.26. The molecular formula is C24H25FN6O. The number of fused-ring (bicyclic) bond motifs is 2. The summed E-state index contributed by atoms with van der Waals surface area (Å²) in [6.07, 6.45) is 4.76. The molecule has 4 heterocycles. The Morgan fingerprint density at radius 3 is 2.78 bits per heavy atom. The van der Waals surface area contributed by atoms with E-state index in [1.165, 1.54) is 12.1 Å². The van der Waals surface area contributed by atoms with Crippen LogP contribution < -0.4 is 5.73 Å². The van der Waals surface area contributed by atoms with Crippen LogP contribution in [-0.4, -0.2) is 55.3 Å². The van der Waals surface area contributed by atoms with Gasteiger partial charge in [-0.15, -0.1) is 10.2 Å². The van der Waals surface area contributed by atoms with Crippen molar-refractivity contribution in [2.24, 2.45) is 5.73 Å². The number of aliphatic hydroxyl groups is 1. The maximum atomic E-state index is 14.3. The second-order valence-electron chi connectivity index (χ2n) is 9.23. The van der Waals surface area contributed by atoms with Crippen molar-refractivity contribution in [2.45, 2.75) is 37.3 Å². The number of pyridine rings is 2. The van der Waals surface area contributed by atoms with E-state index in [4.69, 9.17) is 10.7 Å². The van der Waals surface area contributed by atoms with Gasteiger partial charge >= 0.3 is 0 Å². The molecule has 7 nitrogen and oxygen atoms in total. The average molecular weight is 433 g/mol. The summed E-state index contributed by atoms with van der Waals surface area (Å²) < 4.78 is 16.2. The summed E-state index contributed by atoms with van der Waals surface area (Å²) in [6.45, 7) is 2.74. The first-order valence-corrected chi connectivity index (χ1v) is 11.1. The van der Waals surface area contributed by atoms with Crippen LogP contribution in [0.25, 0.3) is 28.1 Å². The van der Waals surface area contributed by atoms with Crippen molar-refractivity contribution in [3.8, 4) is 11.5 Å². The number of nitrogens with zero attached hydrogens (tertiary/aromatic N) is 5. The van der Waals surface area contributed by atoms with Gasteiger partial charge in [0.05, 0.1) is 12.1 Å². The first-order chi connectivity index (χ1) is 15.5. The Kier molecular flexibility index (Phi) is 4.50. The standard InChI is InChI=1S/C24H25FN6O/c25-17-9-16-2-3-20(27-22(16)19(10-17)24(14-32)6-7-24)23-29-28-21-4-1-15(12-31(21)23)11-30-8-5-18(26)13-30/h1-4,9-10,12,18,32H,5-8,11,13-14,26H2. The predicted octanol–water partition coefficient (Wildman–Crippen LogP) is 2.64. The minimum atomic E-state index is -0.386. The van der Waals surface area contributed by atoms with E-state index >= 15 is 0 Å². The molecule has 0 spiro atoms. The topological polar surface area (TPSA) is 92.6 Å². The van der Waals surface area contributed by atoms with Crippen molar-refractivity contribution in [1.82, 2.24) is 24.5 Å². The Hall–Kier alpha value is -2.94. The maximum Gasteiger partial charge on any atom is 0.187 e. The lowest BCUT2D eigenvalue weighted by molar-refractivity contribution is 0.255. The highest BCUT2D eigenvalue weighted by molar-refractivity contribution is 5.85. The monoisotopic (exact) mass is 432 g/mol. The zero-order valence-corrected chi connectivity index (χ0v) is 17.7. The van der Waals surface area contributed by atoms with Gasteiger partial charge in [-0.25, -0.2) is 9.37 Å². The first-order valence-electron chi connectivity index (χ1n) is 11.1. The average Bonchev–Trinajstić information content (AvgIpc) is 3.32. The molecule has 1 atom stereocenters. The lowest BCUT2D eigenvalue weighted by Gasteiger charge is -2.16. The molecule has 1 saturated heterocycles. The maximum absolute atomic E-state index is 14.3. The van der Waals surface area contributed by atoms with Gasteiger partial charge in [-0.05, 0) is 54.7 Å². The van der Waals surface area contributed by atoms with Crippen molar-refractivity contribution in [1.29, 1.82) is 0 Å². The van der Waals surface area contributed by atoms with Crippen LogP contribution in [-0.2, 0) is 12.0 Å². The fraction of sp³-hybridized carbons (Fsp3) is 0.375. The summed E-state index contributed by atoms with van der Waals surface area (Å²) in [5.41, 5.74) is 9.74. The molecule has 1 saturated carbocycles. The summed E-state index contributed by atoms with van der Waals surface area (Å²) in [5, 5.41) is 19.4. The van der Waals surface area contributed by atoms with E-state index in [9.17, 15) is 9.50 Å². The van der Waals surface area contributed by atoms with Gasteiger partial charge in [0.1, 0.15) is 11.5 Å². The number of rotatable bonds is 5. The minimum Gasteiger partial charge on any atom is -0.395 e. The summed E-state index contributed by atoms with van der Waals surface area (Å²) in [7, 11) is 0. The molecule has 2 aliphatic rings. The highest BCUT2D eigenvalue weighted by Gasteiger charge is 2.45. The molecule has 3 N–H and O–H groups in total. The Bertz CT molecular complexity index is 1330. The van der Waals surface area contributed by atoms with Crippen LogP contribution in [0.5, 0.6) is 0 Å². The third-order valence-electron chi connectivity index (χ3n) is 6.89. The van der Waals surface area contributed by atoms with Crippen LogP contribution >= 0.6 is 0 Å². The van der Waals surface area contributed by atoms with Crippen LogP contribution in [0, 0.1) is 5.82 Å². The van der Waals surface area contributed by atoms with Crippen LogP contribution in [0.2, 0.25) is 0 Å². The van der Waals surface area contributed by atoms with Gasteiger partial charge in [0.25, 0.3) is 0 Å². The molecule has 1 unspecified atom stereocenters. The van der Waals surface area contributed by atoms with E-state index in [1.54, 1.807) is 0 Å². The Balaban J connectivity index is 1.43. The molecule has 4 aromatic rings. The number of aliphatic hydroxyl groups excluding tert-OH is 1. The molecule has 3 aromatic heterocycles. The van der Waals surface area contributed by atoms with Crippen molar-refractivity contribution in [3.05, 3.63) is 59.5 Å². The fourth-order valence-electron chi connectivity index (χ4n) is 4.86. The van der Waals surface area contributed by atoms with Gasteiger partial charge in [-0.3, -0.25) is 9.30 Å². The quantitative estimate of drug-likeness (QED) is 0.504. The van der Waals surface area contributed by atoms with Gasteiger partial charge in [0, 0.05) is 42.7 Å². The zero-order chi connectivity index (χ0) is 21.9. The lowest BCUT2D eigenvalue weighted by atomic mass is 9.94. The second kappa shape index (κ2) is 7.30. The molecule has 0 bridgehead atoms. The smallest absolute Gasteiger partial charge is 0.187 e. The molecule has 1 aliphatic carbocycles. The Morgan fingerprint density at radius 1 is 1.16 bits per heavy atom.